The number of aliphatic hydroxyl groups is 1. The molecule has 0 fully saturated rings. The summed E-state index contributed by atoms with van der Waals surface area (Å²) in [6.45, 7) is 18.4. The van der Waals surface area contributed by atoms with Crippen LogP contribution in [0.3, 0.4) is 0 Å². The van der Waals surface area contributed by atoms with Crippen LogP contribution in [0.1, 0.15) is 84.7 Å². The number of carbonyl (C=O) groups excluding carboxylic acids is 2. The minimum absolute atomic E-state index is 0.0844. The largest absolute Gasteiger partial charge is 0.465 e. The summed E-state index contributed by atoms with van der Waals surface area (Å²) >= 11 is 0. The summed E-state index contributed by atoms with van der Waals surface area (Å²) in [5.74, 6) is -0.250. The van der Waals surface area contributed by atoms with Crippen molar-refractivity contribution in [1.29, 1.82) is 0 Å². The molecule has 0 atom stereocenters. The van der Waals surface area contributed by atoms with Gasteiger partial charge in [0.25, 0.3) is 0 Å². The SMILES string of the molecule is CC.CC.CC.CC.CO.COC(=O)c1ccc(-c2ccc3c(c2)CCCN3C(C)=O)cc1. The van der Waals surface area contributed by atoms with E-state index in [4.69, 9.17) is 9.84 Å². The van der Waals surface area contributed by atoms with Gasteiger partial charge in [0.1, 0.15) is 0 Å². The number of aliphatic hydroxyl groups excluding tert-OH is 1. The molecule has 1 amide bonds. The lowest BCUT2D eigenvalue weighted by atomic mass is 9.95. The lowest BCUT2D eigenvalue weighted by Gasteiger charge is -2.29. The molecule has 0 saturated heterocycles. The Hall–Kier alpha value is -2.66. The molecule has 2 aromatic carbocycles. The summed E-state index contributed by atoms with van der Waals surface area (Å²) in [6, 6.07) is 13.5. The van der Waals surface area contributed by atoms with Crippen molar-refractivity contribution in [2.75, 3.05) is 25.7 Å². The lowest BCUT2D eigenvalue weighted by Crippen LogP contribution is -2.33. The maximum Gasteiger partial charge on any atom is 0.337 e. The average Bonchev–Trinajstić information content (AvgIpc) is 2.93. The van der Waals surface area contributed by atoms with E-state index in [0.717, 1.165) is 43.3 Å². The van der Waals surface area contributed by atoms with Gasteiger partial charge in [-0.2, -0.15) is 0 Å². The fourth-order valence-electron chi connectivity index (χ4n) is 3.02. The standard InChI is InChI=1S/C19H19NO3.4C2H6.CH4O/c1-13(21)20-11-3-4-17-12-16(9-10-18(17)20)14-5-7-15(8-6-14)19(22)23-2;5*1-2/h5-10,12H,3-4,11H2,1-2H3;4*1-2H3;2H,1H3. The van der Waals surface area contributed by atoms with Crippen LogP contribution in [0.2, 0.25) is 0 Å². The van der Waals surface area contributed by atoms with Gasteiger partial charge in [-0.25, -0.2) is 4.79 Å². The maximum atomic E-state index is 11.7. The van der Waals surface area contributed by atoms with Gasteiger partial charge in [0.2, 0.25) is 5.91 Å². The van der Waals surface area contributed by atoms with E-state index in [1.807, 2.05) is 84.6 Å². The van der Waals surface area contributed by atoms with E-state index < -0.39 is 0 Å². The normalized spacial score (nSPS) is 10.2. The summed E-state index contributed by atoms with van der Waals surface area (Å²) in [6.07, 6.45) is 1.96. The molecule has 0 bridgehead atoms. The van der Waals surface area contributed by atoms with E-state index in [0.29, 0.717) is 5.56 Å². The van der Waals surface area contributed by atoms with Crippen LogP contribution in [0.5, 0.6) is 0 Å². The first-order valence-electron chi connectivity index (χ1n) is 12.1. The fraction of sp³-hybridized carbons (Fsp3) is 0.500. The summed E-state index contributed by atoms with van der Waals surface area (Å²) in [4.78, 5) is 25.1. The Labute approximate surface area is 202 Å². The Morgan fingerprint density at radius 2 is 1.30 bits per heavy atom. The molecular weight excluding hydrogens is 414 g/mol. The molecule has 0 aliphatic carbocycles. The molecule has 1 heterocycles. The van der Waals surface area contributed by atoms with Crippen LogP contribution in [0.25, 0.3) is 11.1 Å². The first kappa shape index (κ1) is 34.9. The third-order valence-electron chi connectivity index (χ3n) is 4.22. The van der Waals surface area contributed by atoms with Crippen LogP contribution < -0.4 is 4.90 Å². The molecule has 1 aliphatic rings. The fourth-order valence-corrected chi connectivity index (χ4v) is 3.02. The van der Waals surface area contributed by atoms with Crippen LogP contribution in [0.15, 0.2) is 42.5 Å². The topological polar surface area (TPSA) is 66.8 Å². The lowest BCUT2D eigenvalue weighted by molar-refractivity contribution is -0.116. The molecule has 2 aromatic rings. The second-order valence-corrected chi connectivity index (χ2v) is 5.69. The van der Waals surface area contributed by atoms with Gasteiger partial charge < -0.3 is 14.7 Å². The summed E-state index contributed by atoms with van der Waals surface area (Å²) in [5.41, 5.74) is 4.88. The second kappa shape index (κ2) is 22.5. The Morgan fingerprint density at radius 3 is 1.76 bits per heavy atom. The third-order valence-corrected chi connectivity index (χ3v) is 4.22. The number of rotatable bonds is 2. The van der Waals surface area contributed by atoms with Crippen LogP contribution in [0, 0.1) is 0 Å². The predicted molar refractivity (Wildman–Crippen MR) is 143 cm³/mol. The molecule has 188 valence electrons. The van der Waals surface area contributed by atoms with Gasteiger partial charge in [0, 0.05) is 26.3 Å². The smallest absolute Gasteiger partial charge is 0.337 e. The molecule has 5 heteroatoms. The minimum Gasteiger partial charge on any atom is -0.465 e. The Balaban J connectivity index is -0.000000798. The number of nitrogens with zero attached hydrogens (tertiary/aromatic N) is 1. The number of methoxy groups -OCH3 is 1. The second-order valence-electron chi connectivity index (χ2n) is 5.69. The molecule has 0 aromatic heterocycles. The average molecular weight is 462 g/mol. The van der Waals surface area contributed by atoms with Crippen molar-refractivity contribution in [3.8, 4) is 11.1 Å². The molecule has 0 spiro atoms. The van der Waals surface area contributed by atoms with E-state index in [-0.39, 0.29) is 11.9 Å². The van der Waals surface area contributed by atoms with E-state index in [9.17, 15) is 9.59 Å². The molecule has 3 rings (SSSR count). The maximum absolute atomic E-state index is 11.7. The van der Waals surface area contributed by atoms with Crippen molar-refractivity contribution in [2.24, 2.45) is 0 Å². The van der Waals surface area contributed by atoms with Gasteiger partial charge in [-0.05, 0) is 53.8 Å². The zero-order valence-electron chi connectivity index (χ0n) is 22.8. The number of anilines is 1. The van der Waals surface area contributed by atoms with Gasteiger partial charge in [-0.1, -0.05) is 73.6 Å². The summed E-state index contributed by atoms with van der Waals surface area (Å²) in [5, 5.41) is 7.00. The van der Waals surface area contributed by atoms with Gasteiger partial charge >= 0.3 is 5.97 Å². The first-order chi connectivity index (χ1) is 16.1. The van der Waals surface area contributed by atoms with Gasteiger partial charge in [-0.15, -0.1) is 0 Å². The number of fused-ring (bicyclic) bond motifs is 1. The summed E-state index contributed by atoms with van der Waals surface area (Å²) in [7, 11) is 2.38. The van der Waals surface area contributed by atoms with Crippen molar-refractivity contribution in [1.82, 2.24) is 0 Å². The molecule has 1 aliphatic heterocycles. The Kier molecular flexibility index (Phi) is 23.9. The van der Waals surface area contributed by atoms with Crippen molar-refractivity contribution < 1.29 is 19.4 Å². The highest BCUT2D eigenvalue weighted by atomic mass is 16.5. The van der Waals surface area contributed by atoms with Gasteiger partial charge in [0.15, 0.2) is 0 Å². The quantitative estimate of drug-likeness (QED) is 0.482. The highest BCUT2D eigenvalue weighted by Crippen LogP contribution is 2.31. The number of ether oxygens (including phenoxy) is 1. The predicted octanol–water partition coefficient (Wildman–Crippen LogP) is 7.15. The van der Waals surface area contributed by atoms with Crippen molar-refractivity contribution >= 4 is 17.6 Å². The molecule has 0 unspecified atom stereocenters. The number of aryl methyl sites for hydroxylation is 1. The zero-order valence-corrected chi connectivity index (χ0v) is 22.8. The number of amides is 1. The van der Waals surface area contributed by atoms with Crippen molar-refractivity contribution in [3.05, 3.63) is 53.6 Å². The number of carbonyl (C=O) groups is 2. The van der Waals surface area contributed by atoms with E-state index in [1.165, 1.54) is 12.7 Å². The van der Waals surface area contributed by atoms with Gasteiger partial charge in [-0.3, -0.25) is 4.79 Å². The van der Waals surface area contributed by atoms with Crippen molar-refractivity contribution in [2.45, 2.75) is 75.2 Å². The summed E-state index contributed by atoms with van der Waals surface area (Å²) < 4.78 is 4.71. The highest BCUT2D eigenvalue weighted by Gasteiger charge is 2.20. The van der Waals surface area contributed by atoms with E-state index >= 15 is 0 Å². The highest BCUT2D eigenvalue weighted by molar-refractivity contribution is 5.93. The number of benzene rings is 2. The Morgan fingerprint density at radius 1 is 0.818 bits per heavy atom. The Bertz CT molecular complexity index is 755. The van der Waals surface area contributed by atoms with Crippen LogP contribution in [-0.2, 0) is 16.0 Å². The third kappa shape index (κ3) is 11.2. The van der Waals surface area contributed by atoms with E-state index in [2.05, 4.69) is 6.07 Å². The van der Waals surface area contributed by atoms with E-state index in [1.54, 1.807) is 19.1 Å². The molecule has 5 nitrogen and oxygen atoms in total. The molecule has 0 saturated carbocycles. The number of esters is 1. The van der Waals surface area contributed by atoms with Crippen LogP contribution in [-0.4, -0.2) is 37.7 Å². The number of hydrogen-bond acceptors (Lipinski definition) is 4. The van der Waals surface area contributed by atoms with Crippen molar-refractivity contribution in [3.63, 3.8) is 0 Å². The minimum atomic E-state index is -0.334. The van der Waals surface area contributed by atoms with Crippen LogP contribution in [0.4, 0.5) is 5.69 Å². The van der Waals surface area contributed by atoms with Gasteiger partial charge in [0.05, 0.1) is 12.7 Å². The monoisotopic (exact) mass is 461 g/mol. The molecule has 1 N–H and O–H groups in total. The first-order valence-corrected chi connectivity index (χ1v) is 12.1. The molecule has 33 heavy (non-hydrogen) atoms. The van der Waals surface area contributed by atoms with Crippen LogP contribution >= 0.6 is 0 Å². The molecule has 0 radical (unpaired) electrons. The zero-order chi connectivity index (χ0) is 26.4. The molecular formula is C28H47NO4. The number of hydrogen-bond donors (Lipinski definition) is 1.